The first-order valence-electron chi connectivity index (χ1n) is 9.33. The number of nitrogens with zero attached hydrogens (tertiary/aromatic N) is 1. The molecule has 0 amide bonds. The molecule has 0 aromatic heterocycles. The van der Waals surface area contributed by atoms with Gasteiger partial charge in [-0.2, -0.15) is 0 Å². The predicted molar refractivity (Wildman–Crippen MR) is 123 cm³/mol. The Morgan fingerprint density at radius 3 is 2.57 bits per heavy atom. The van der Waals surface area contributed by atoms with E-state index in [9.17, 15) is 0 Å². The van der Waals surface area contributed by atoms with E-state index in [1.807, 2.05) is 55.5 Å². The minimum atomic E-state index is -0.0922. The largest absolute Gasteiger partial charge is 0.490 e. The lowest BCUT2D eigenvalue weighted by molar-refractivity contribution is 0.111. The molecule has 152 valence electrons. The van der Waals surface area contributed by atoms with Crippen molar-refractivity contribution in [1.82, 2.24) is 5.32 Å². The van der Waals surface area contributed by atoms with Crippen LogP contribution in [0.5, 0.6) is 11.5 Å². The fourth-order valence-corrected chi connectivity index (χ4v) is 2.84. The number of nitrogens with one attached hydrogen (secondary N) is 2. The summed E-state index contributed by atoms with van der Waals surface area (Å²) in [6.45, 7) is 4.66. The number of methoxy groups -OCH3 is 1. The Bertz CT molecular complexity index is 756. The van der Waals surface area contributed by atoms with E-state index >= 15 is 0 Å². The second-order valence-corrected chi connectivity index (χ2v) is 6.19. The van der Waals surface area contributed by atoms with E-state index in [4.69, 9.17) is 14.2 Å². The molecule has 0 bridgehead atoms. The predicted octanol–water partition coefficient (Wildman–Crippen LogP) is 4.23. The first-order valence-corrected chi connectivity index (χ1v) is 9.33. The topological polar surface area (TPSA) is 64.1 Å². The van der Waals surface area contributed by atoms with Crippen LogP contribution in [-0.2, 0) is 4.74 Å². The van der Waals surface area contributed by atoms with Crippen LogP contribution in [0.15, 0.2) is 53.5 Å². The average molecular weight is 497 g/mol. The molecule has 6 nitrogen and oxygen atoms in total. The van der Waals surface area contributed by atoms with E-state index < -0.39 is 0 Å². The second kappa shape index (κ2) is 11.8. The number of ether oxygens (including phenoxy) is 3. The molecule has 28 heavy (non-hydrogen) atoms. The number of benzene rings is 2. The zero-order valence-electron chi connectivity index (χ0n) is 16.3. The Labute approximate surface area is 183 Å². The van der Waals surface area contributed by atoms with Gasteiger partial charge in [0.2, 0.25) is 0 Å². The van der Waals surface area contributed by atoms with Gasteiger partial charge in [0, 0.05) is 31.8 Å². The van der Waals surface area contributed by atoms with E-state index in [1.165, 1.54) is 0 Å². The molecule has 7 heteroatoms. The zero-order chi connectivity index (χ0) is 18.9. The molecule has 1 unspecified atom stereocenters. The minimum absolute atomic E-state index is 0. The number of rotatable bonds is 6. The first-order chi connectivity index (χ1) is 13.3. The van der Waals surface area contributed by atoms with Gasteiger partial charge in [-0.3, -0.25) is 0 Å². The highest BCUT2D eigenvalue weighted by Crippen LogP contribution is 2.32. The van der Waals surface area contributed by atoms with Gasteiger partial charge >= 0.3 is 0 Å². The third-order valence-corrected chi connectivity index (χ3v) is 4.23. The molecule has 0 aliphatic carbocycles. The fraction of sp³-hybridized carbons (Fsp3) is 0.381. The third-order valence-electron chi connectivity index (χ3n) is 4.23. The van der Waals surface area contributed by atoms with Gasteiger partial charge in [0.1, 0.15) is 6.10 Å². The van der Waals surface area contributed by atoms with Crippen LogP contribution in [0, 0.1) is 0 Å². The van der Waals surface area contributed by atoms with Crippen LogP contribution in [0.4, 0.5) is 5.69 Å². The van der Waals surface area contributed by atoms with Crippen molar-refractivity contribution in [2.75, 3.05) is 38.7 Å². The molecule has 0 spiro atoms. The molecule has 0 saturated carbocycles. The van der Waals surface area contributed by atoms with Crippen molar-refractivity contribution in [3.8, 4) is 11.5 Å². The molecule has 1 heterocycles. The number of anilines is 1. The summed E-state index contributed by atoms with van der Waals surface area (Å²) in [5.74, 6) is 2.24. The third kappa shape index (κ3) is 6.27. The highest BCUT2D eigenvalue weighted by atomic mass is 127. The molecule has 0 saturated heterocycles. The Kier molecular flexibility index (Phi) is 9.36. The Morgan fingerprint density at radius 2 is 1.86 bits per heavy atom. The second-order valence-electron chi connectivity index (χ2n) is 6.19. The van der Waals surface area contributed by atoms with Gasteiger partial charge in [-0.05, 0) is 24.6 Å². The van der Waals surface area contributed by atoms with Gasteiger partial charge in [0.25, 0.3) is 0 Å². The standard InChI is InChI=1S/C21H27N3O3.HI/c1-3-22-21(23-15-20(25-2)16-8-5-4-6-9-16)24-17-10-11-18-19(14-17)27-13-7-12-26-18;/h4-6,8-11,14,20H,3,7,12-13,15H2,1-2H3,(H2,22,23,24);1H. The molecular weight excluding hydrogens is 469 g/mol. The molecule has 1 aliphatic rings. The smallest absolute Gasteiger partial charge is 0.195 e. The Balaban J connectivity index is 0.00000280. The summed E-state index contributed by atoms with van der Waals surface area (Å²) in [6, 6.07) is 15.9. The molecule has 2 N–H and O–H groups in total. The van der Waals surface area contributed by atoms with E-state index in [-0.39, 0.29) is 30.1 Å². The number of guanidine groups is 1. The van der Waals surface area contributed by atoms with Crippen molar-refractivity contribution in [1.29, 1.82) is 0 Å². The van der Waals surface area contributed by atoms with Crippen molar-refractivity contribution in [2.45, 2.75) is 19.4 Å². The molecule has 2 aromatic carbocycles. The van der Waals surface area contributed by atoms with Crippen molar-refractivity contribution in [3.63, 3.8) is 0 Å². The van der Waals surface area contributed by atoms with Gasteiger partial charge in [-0.1, -0.05) is 30.3 Å². The summed E-state index contributed by atoms with van der Waals surface area (Å²) in [5.41, 5.74) is 2.00. The van der Waals surface area contributed by atoms with E-state index in [2.05, 4.69) is 15.6 Å². The highest BCUT2D eigenvalue weighted by Gasteiger charge is 2.13. The van der Waals surface area contributed by atoms with Gasteiger partial charge in [-0.25, -0.2) is 4.99 Å². The molecule has 2 aromatic rings. The van der Waals surface area contributed by atoms with E-state index in [1.54, 1.807) is 7.11 Å². The molecule has 0 fully saturated rings. The summed E-state index contributed by atoms with van der Waals surface area (Å²) in [7, 11) is 1.71. The van der Waals surface area contributed by atoms with Crippen molar-refractivity contribution in [2.24, 2.45) is 4.99 Å². The number of hydrogen-bond acceptors (Lipinski definition) is 4. The maximum Gasteiger partial charge on any atom is 0.195 e. The van der Waals surface area contributed by atoms with Crippen molar-refractivity contribution < 1.29 is 14.2 Å². The van der Waals surface area contributed by atoms with E-state index in [0.717, 1.165) is 35.7 Å². The van der Waals surface area contributed by atoms with Crippen LogP contribution >= 0.6 is 24.0 Å². The number of halogens is 1. The fourth-order valence-electron chi connectivity index (χ4n) is 2.84. The van der Waals surface area contributed by atoms with Crippen molar-refractivity contribution >= 4 is 35.6 Å². The lowest BCUT2D eigenvalue weighted by atomic mass is 10.1. The maximum absolute atomic E-state index is 5.76. The SMILES string of the molecule is CCNC(=NCC(OC)c1ccccc1)Nc1ccc2c(c1)OCCCO2.I. The summed E-state index contributed by atoms with van der Waals surface area (Å²) < 4.78 is 17.0. The summed E-state index contributed by atoms with van der Waals surface area (Å²) in [5, 5.41) is 6.59. The van der Waals surface area contributed by atoms with Crippen LogP contribution in [0.3, 0.4) is 0 Å². The quantitative estimate of drug-likeness (QED) is 0.356. The average Bonchev–Trinajstić information content (AvgIpc) is 2.94. The molecular formula is C21H28IN3O3. The number of aliphatic imine (C=N–C) groups is 1. The van der Waals surface area contributed by atoms with Crippen LogP contribution in [-0.4, -0.2) is 39.4 Å². The molecule has 1 atom stereocenters. The van der Waals surface area contributed by atoms with Gasteiger partial charge < -0.3 is 24.8 Å². The van der Waals surface area contributed by atoms with Gasteiger partial charge in [-0.15, -0.1) is 24.0 Å². The Morgan fingerprint density at radius 1 is 1.11 bits per heavy atom. The maximum atomic E-state index is 5.76. The molecule has 1 aliphatic heterocycles. The highest BCUT2D eigenvalue weighted by molar-refractivity contribution is 14.0. The normalized spacial score (nSPS) is 14.4. The van der Waals surface area contributed by atoms with Crippen LogP contribution in [0.2, 0.25) is 0 Å². The molecule has 0 radical (unpaired) electrons. The van der Waals surface area contributed by atoms with Gasteiger partial charge in [0.15, 0.2) is 17.5 Å². The summed E-state index contributed by atoms with van der Waals surface area (Å²) >= 11 is 0. The summed E-state index contributed by atoms with van der Waals surface area (Å²) in [4.78, 5) is 4.68. The number of hydrogen-bond donors (Lipinski definition) is 2. The first kappa shape index (κ1) is 22.3. The lowest BCUT2D eigenvalue weighted by Gasteiger charge is -2.16. The number of fused-ring (bicyclic) bond motifs is 1. The Hall–Kier alpha value is -2.00. The van der Waals surface area contributed by atoms with E-state index in [0.29, 0.717) is 25.7 Å². The van der Waals surface area contributed by atoms with Crippen LogP contribution in [0.25, 0.3) is 0 Å². The van der Waals surface area contributed by atoms with Crippen molar-refractivity contribution in [3.05, 3.63) is 54.1 Å². The zero-order valence-corrected chi connectivity index (χ0v) is 18.6. The monoisotopic (exact) mass is 497 g/mol. The van der Waals surface area contributed by atoms with Crippen LogP contribution in [0.1, 0.15) is 25.0 Å². The summed E-state index contributed by atoms with van der Waals surface area (Å²) in [6.07, 6.45) is 0.796. The lowest BCUT2D eigenvalue weighted by Crippen LogP contribution is -2.31. The van der Waals surface area contributed by atoms with Crippen LogP contribution < -0.4 is 20.1 Å². The molecule has 3 rings (SSSR count). The minimum Gasteiger partial charge on any atom is -0.490 e. The van der Waals surface area contributed by atoms with Gasteiger partial charge in [0.05, 0.1) is 19.8 Å².